The smallest absolute Gasteiger partial charge is 0.444 e. The van der Waals surface area contributed by atoms with Gasteiger partial charge in [-0.15, -0.1) is 0 Å². The van der Waals surface area contributed by atoms with Gasteiger partial charge in [0.2, 0.25) is 0 Å². The van der Waals surface area contributed by atoms with Crippen molar-refractivity contribution in [3.63, 3.8) is 0 Å². The molecule has 4 nitrogen and oxygen atoms in total. The zero-order chi connectivity index (χ0) is 18.8. The predicted octanol–water partition coefficient (Wildman–Crippen LogP) is 5.43. The highest BCUT2D eigenvalue weighted by molar-refractivity contribution is 9.09. The summed E-state index contributed by atoms with van der Waals surface area (Å²) in [6.07, 6.45) is 1.21. The van der Waals surface area contributed by atoms with Crippen molar-refractivity contribution in [2.75, 3.05) is 13.1 Å². The number of ether oxygens (including phenoxy) is 2. The van der Waals surface area contributed by atoms with Gasteiger partial charge in [-0.1, -0.05) is 12.1 Å². The quantitative estimate of drug-likeness (QED) is 0.612. The first kappa shape index (κ1) is 19.9. The largest absolute Gasteiger partial charge is 0.459 e. The summed E-state index contributed by atoms with van der Waals surface area (Å²) < 4.78 is 36.2. The Bertz CT molecular complexity index is 618. The second-order valence-electron chi connectivity index (χ2n) is 7.31. The van der Waals surface area contributed by atoms with E-state index in [-0.39, 0.29) is 17.8 Å². The van der Waals surface area contributed by atoms with E-state index in [1.165, 1.54) is 0 Å². The first-order valence-corrected chi connectivity index (χ1v) is 9.08. The minimum atomic E-state index is -3.39. The van der Waals surface area contributed by atoms with Gasteiger partial charge in [0.25, 0.3) is 0 Å². The van der Waals surface area contributed by atoms with Crippen LogP contribution in [0.1, 0.15) is 50.7 Å². The Labute approximate surface area is 155 Å². The number of rotatable bonds is 3. The van der Waals surface area contributed by atoms with Gasteiger partial charge in [-0.05, 0) is 63.6 Å². The van der Waals surface area contributed by atoms with E-state index in [0.29, 0.717) is 18.7 Å². The molecule has 0 N–H and O–H groups in total. The highest BCUT2D eigenvalue weighted by Crippen LogP contribution is 2.35. The van der Waals surface area contributed by atoms with Crippen LogP contribution < -0.4 is 4.74 Å². The molecule has 1 aromatic rings. The van der Waals surface area contributed by atoms with Crippen molar-refractivity contribution >= 4 is 22.0 Å². The summed E-state index contributed by atoms with van der Waals surface area (Å²) in [5.74, 6) is 0.361. The van der Waals surface area contributed by atoms with Gasteiger partial charge in [-0.25, -0.2) is 4.79 Å². The zero-order valence-electron chi connectivity index (χ0n) is 14.9. The van der Waals surface area contributed by atoms with E-state index >= 15 is 0 Å². The number of amides is 1. The van der Waals surface area contributed by atoms with Gasteiger partial charge >= 0.3 is 11.1 Å². The standard InChI is InChI=1S/C18H24BrF2NO3/c1-12-5-6-14(11-15(12)24-18(19,20)21)13-7-9-22(10-8-13)16(23)25-17(2,3)4/h5-6,11,13H,7-10H2,1-4H3. The minimum absolute atomic E-state index is 0.161. The number of nitrogens with zero attached hydrogens (tertiary/aromatic N) is 1. The molecule has 0 bridgehead atoms. The molecule has 0 spiro atoms. The fraction of sp³-hybridized carbons (Fsp3) is 0.611. The third-order valence-corrected chi connectivity index (χ3v) is 4.22. The number of hydrogen-bond acceptors (Lipinski definition) is 3. The Morgan fingerprint density at radius 3 is 2.36 bits per heavy atom. The highest BCUT2D eigenvalue weighted by Gasteiger charge is 2.30. The summed E-state index contributed by atoms with van der Waals surface area (Å²) >= 11 is 2.20. The lowest BCUT2D eigenvalue weighted by atomic mass is 9.89. The molecular formula is C18H24BrF2NO3. The molecule has 0 unspecified atom stereocenters. The number of aryl methyl sites for hydroxylation is 1. The molecule has 1 heterocycles. The molecule has 0 saturated carbocycles. The fourth-order valence-electron chi connectivity index (χ4n) is 2.83. The van der Waals surface area contributed by atoms with Crippen molar-refractivity contribution in [2.24, 2.45) is 0 Å². The Hall–Kier alpha value is -1.37. The number of carbonyl (C=O) groups is 1. The highest BCUT2D eigenvalue weighted by atomic mass is 79.9. The molecule has 1 aromatic carbocycles. The average Bonchev–Trinajstić information content (AvgIpc) is 2.46. The zero-order valence-corrected chi connectivity index (χ0v) is 16.5. The van der Waals surface area contributed by atoms with Crippen molar-refractivity contribution in [3.05, 3.63) is 29.3 Å². The van der Waals surface area contributed by atoms with Crippen LogP contribution in [-0.2, 0) is 4.74 Å². The summed E-state index contributed by atoms with van der Waals surface area (Å²) in [6, 6.07) is 5.38. The lowest BCUT2D eigenvalue weighted by Gasteiger charge is -2.33. The molecule has 1 fully saturated rings. The average molecular weight is 420 g/mol. The molecule has 1 aliphatic heterocycles. The maximum Gasteiger partial charge on any atom is 0.459 e. The van der Waals surface area contributed by atoms with E-state index in [2.05, 4.69) is 20.7 Å². The third kappa shape index (κ3) is 6.13. The van der Waals surface area contributed by atoms with Crippen LogP contribution in [0.3, 0.4) is 0 Å². The summed E-state index contributed by atoms with van der Waals surface area (Å²) in [6.45, 7) is 8.40. The lowest BCUT2D eigenvalue weighted by molar-refractivity contribution is -0.0807. The molecular weight excluding hydrogens is 396 g/mol. The second kappa shape index (κ2) is 7.48. The Morgan fingerprint density at radius 2 is 1.84 bits per heavy atom. The molecule has 25 heavy (non-hydrogen) atoms. The van der Waals surface area contributed by atoms with Gasteiger partial charge in [0, 0.05) is 29.0 Å². The van der Waals surface area contributed by atoms with Gasteiger partial charge in [-0.2, -0.15) is 8.78 Å². The van der Waals surface area contributed by atoms with Gasteiger partial charge in [0.05, 0.1) is 0 Å². The molecule has 7 heteroatoms. The van der Waals surface area contributed by atoms with Gasteiger partial charge < -0.3 is 14.4 Å². The lowest BCUT2D eigenvalue weighted by Crippen LogP contribution is -2.41. The molecule has 1 amide bonds. The number of alkyl halides is 3. The maximum absolute atomic E-state index is 13.1. The molecule has 0 radical (unpaired) electrons. The number of carbonyl (C=O) groups excluding carboxylic acids is 1. The van der Waals surface area contributed by atoms with Crippen LogP contribution in [0.5, 0.6) is 5.75 Å². The van der Waals surface area contributed by atoms with Crippen LogP contribution in [0.25, 0.3) is 0 Å². The number of halogens is 3. The van der Waals surface area contributed by atoms with Gasteiger partial charge in [0.1, 0.15) is 11.4 Å². The van der Waals surface area contributed by atoms with E-state index in [1.54, 1.807) is 24.0 Å². The van der Waals surface area contributed by atoms with Crippen LogP contribution in [0.4, 0.5) is 13.6 Å². The van der Waals surface area contributed by atoms with Crippen molar-refractivity contribution in [1.29, 1.82) is 0 Å². The van der Waals surface area contributed by atoms with Crippen molar-refractivity contribution in [2.45, 2.75) is 57.1 Å². The van der Waals surface area contributed by atoms with Crippen LogP contribution in [0.15, 0.2) is 18.2 Å². The monoisotopic (exact) mass is 419 g/mol. The number of hydrogen-bond donors (Lipinski definition) is 0. The molecule has 0 aliphatic carbocycles. The number of likely N-dealkylation sites (tertiary alicyclic amines) is 1. The van der Waals surface area contributed by atoms with Crippen LogP contribution >= 0.6 is 15.9 Å². The van der Waals surface area contributed by atoms with Crippen molar-refractivity contribution in [3.8, 4) is 5.75 Å². The van der Waals surface area contributed by atoms with Crippen molar-refractivity contribution < 1.29 is 23.0 Å². The summed E-state index contributed by atoms with van der Waals surface area (Å²) in [5, 5.41) is -3.39. The van der Waals surface area contributed by atoms with E-state index < -0.39 is 10.6 Å². The summed E-state index contributed by atoms with van der Waals surface area (Å²) in [5.41, 5.74) is 1.08. The number of piperidine rings is 1. The first-order valence-electron chi connectivity index (χ1n) is 8.29. The van der Waals surface area contributed by atoms with Crippen LogP contribution in [0.2, 0.25) is 0 Å². The van der Waals surface area contributed by atoms with Crippen molar-refractivity contribution in [1.82, 2.24) is 4.90 Å². The summed E-state index contributed by atoms with van der Waals surface area (Å²) in [4.78, 5) is 13.8. The fourth-order valence-corrected chi connectivity index (χ4v) is 3.00. The van der Waals surface area contributed by atoms with Crippen LogP contribution in [0, 0.1) is 6.92 Å². The first-order chi connectivity index (χ1) is 11.4. The molecule has 140 valence electrons. The SMILES string of the molecule is Cc1ccc(C2CCN(C(=O)OC(C)(C)C)CC2)cc1OC(F)(F)Br. The van der Waals surface area contributed by atoms with Crippen LogP contribution in [-0.4, -0.2) is 34.7 Å². The molecule has 2 rings (SSSR count). The molecule has 0 atom stereocenters. The molecule has 1 aliphatic rings. The van der Waals surface area contributed by atoms with Gasteiger partial charge in [-0.3, -0.25) is 0 Å². The Balaban J connectivity index is 2.01. The summed E-state index contributed by atoms with van der Waals surface area (Å²) in [7, 11) is 0. The van der Waals surface area contributed by atoms with E-state index in [0.717, 1.165) is 18.4 Å². The van der Waals surface area contributed by atoms with Gasteiger partial charge in [0.15, 0.2) is 0 Å². The topological polar surface area (TPSA) is 38.8 Å². The Kier molecular flexibility index (Phi) is 5.97. The number of benzene rings is 1. The van der Waals surface area contributed by atoms with E-state index in [4.69, 9.17) is 4.74 Å². The second-order valence-corrected chi connectivity index (χ2v) is 8.24. The Morgan fingerprint density at radius 1 is 1.24 bits per heavy atom. The molecule has 1 saturated heterocycles. The third-order valence-electron chi connectivity index (χ3n) is 4.06. The maximum atomic E-state index is 13.1. The van der Waals surface area contributed by atoms with E-state index in [1.807, 2.05) is 26.8 Å². The normalized spacial score (nSPS) is 16.7. The molecule has 0 aromatic heterocycles. The predicted molar refractivity (Wildman–Crippen MR) is 95.5 cm³/mol. The van der Waals surface area contributed by atoms with E-state index in [9.17, 15) is 13.6 Å². The minimum Gasteiger partial charge on any atom is -0.444 e.